The molecule has 3 rings (SSSR count). The second-order valence-corrected chi connectivity index (χ2v) is 8.99. The van der Waals surface area contributed by atoms with Crippen molar-refractivity contribution in [3.8, 4) is 5.75 Å². The SMILES string of the molecule is CCCS(=O)(=O)c1ccccc1C(=O)NCc1ccc(OCc2ccccc2)cc1. The quantitative estimate of drug-likeness (QED) is 0.554. The molecule has 0 radical (unpaired) electrons. The number of hydrogen-bond donors (Lipinski definition) is 1. The van der Waals surface area contributed by atoms with E-state index >= 15 is 0 Å². The van der Waals surface area contributed by atoms with Gasteiger partial charge in [0.25, 0.3) is 5.91 Å². The summed E-state index contributed by atoms with van der Waals surface area (Å²) < 4.78 is 30.6. The summed E-state index contributed by atoms with van der Waals surface area (Å²) in [6, 6.07) is 23.7. The number of rotatable bonds is 9. The third kappa shape index (κ3) is 5.70. The van der Waals surface area contributed by atoms with Crippen LogP contribution in [-0.2, 0) is 23.0 Å². The molecule has 0 unspecified atom stereocenters. The van der Waals surface area contributed by atoms with Gasteiger partial charge in [-0.15, -0.1) is 0 Å². The van der Waals surface area contributed by atoms with Crippen LogP contribution in [0.2, 0.25) is 0 Å². The molecule has 0 aliphatic heterocycles. The summed E-state index contributed by atoms with van der Waals surface area (Å²) in [7, 11) is -3.48. The maximum absolute atomic E-state index is 12.6. The van der Waals surface area contributed by atoms with Crippen LogP contribution in [0.5, 0.6) is 5.75 Å². The third-order valence-corrected chi connectivity index (χ3v) is 6.54. The van der Waals surface area contributed by atoms with Crippen LogP contribution >= 0.6 is 0 Å². The van der Waals surface area contributed by atoms with Crippen LogP contribution < -0.4 is 10.1 Å². The largest absolute Gasteiger partial charge is 0.489 e. The van der Waals surface area contributed by atoms with Crippen molar-refractivity contribution in [2.75, 3.05) is 5.75 Å². The molecule has 3 aromatic rings. The van der Waals surface area contributed by atoms with Crippen molar-refractivity contribution < 1.29 is 17.9 Å². The van der Waals surface area contributed by atoms with E-state index in [2.05, 4.69) is 5.32 Å². The maximum atomic E-state index is 12.6. The fourth-order valence-corrected chi connectivity index (χ4v) is 4.57. The predicted octanol–water partition coefficient (Wildman–Crippen LogP) is 4.38. The van der Waals surface area contributed by atoms with Gasteiger partial charge in [-0.05, 0) is 41.8 Å². The van der Waals surface area contributed by atoms with Crippen LogP contribution in [-0.4, -0.2) is 20.1 Å². The Morgan fingerprint density at radius 1 is 0.867 bits per heavy atom. The second-order valence-electron chi connectivity index (χ2n) is 6.92. The van der Waals surface area contributed by atoms with E-state index in [4.69, 9.17) is 4.74 Å². The third-order valence-electron chi connectivity index (χ3n) is 4.56. The van der Waals surface area contributed by atoms with E-state index in [1.807, 2.05) is 54.6 Å². The molecular weight excluding hydrogens is 398 g/mol. The molecule has 1 amide bonds. The van der Waals surface area contributed by atoms with Gasteiger partial charge >= 0.3 is 0 Å². The van der Waals surface area contributed by atoms with Crippen LogP contribution in [0.25, 0.3) is 0 Å². The molecule has 0 spiro atoms. The average molecular weight is 424 g/mol. The van der Waals surface area contributed by atoms with Crippen molar-refractivity contribution in [2.24, 2.45) is 0 Å². The smallest absolute Gasteiger partial charge is 0.252 e. The summed E-state index contributed by atoms with van der Waals surface area (Å²) in [5.74, 6) is 0.349. The minimum atomic E-state index is -3.48. The lowest BCUT2D eigenvalue weighted by Gasteiger charge is -2.11. The van der Waals surface area contributed by atoms with Crippen molar-refractivity contribution in [2.45, 2.75) is 31.4 Å². The minimum absolute atomic E-state index is 0.0156. The summed E-state index contributed by atoms with van der Waals surface area (Å²) >= 11 is 0. The zero-order valence-corrected chi connectivity index (χ0v) is 17.7. The molecule has 0 aliphatic rings. The van der Waals surface area contributed by atoms with Gasteiger partial charge in [0.2, 0.25) is 0 Å². The number of ether oxygens (including phenoxy) is 1. The average Bonchev–Trinajstić information content (AvgIpc) is 2.77. The molecule has 1 N–H and O–H groups in total. The molecule has 0 bridgehead atoms. The topological polar surface area (TPSA) is 72.5 Å². The molecule has 156 valence electrons. The highest BCUT2D eigenvalue weighted by Crippen LogP contribution is 2.18. The summed E-state index contributed by atoms with van der Waals surface area (Å²) in [6.45, 7) is 2.58. The van der Waals surface area contributed by atoms with E-state index in [1.54, 1.807) is 25.1 Å². The van der Waals surface area contributed by atoms with Crippen LogP contribution in [0.1, 0.15) is 34.8 Å². The van der Waals surface area contributed by atoms with Crippen molar-refractivity contribution in [1.29, 1.82) is 0 Å². The Morgan fingerprint density at radius 2 is 1.53 bits per heavy atom. The zero-order chi connectivity index (χ0) is 21.4. The molecule has 0 saturated carbocycles. The summed E-state index contributed by atoms with van der Waals surface area (Å²) in [4.78, 5) is 12.7. The Bertz CT molecular complexity index is 1080. The summed E-state index contributed by atoms with van der Waals surface area (Å²) in [5, 5.41) is 2.80. The number of carbonyl (C=O) groups is 1. The molecule has 6 heteroatoms. The Balaban J connectivity index is 1.60. The van der Waals surface area contributed by atoms with Gasteiger partial charge in [0, 0.05) is 6.54 Å². The number of carbonyl (C=O) groups excluding carboxylic acids is 1. The van der Waals surface area contributed by atoms with E-state index in [9.17, 15) is 13.2 Å². The number of nitrogens with one attached hydrogen (secondary N) is 1. The molecule has 0 aromatic heterocycles. The van der Waals surface area contributed by atoms with E-state index in [0.717, 1.165) is 16.9 Å². The Morgan fingerprint density at radius 3 is 2.23 bits per heavy atom. The lowest BCUT2D eigenvalue weighted by atomic mass is 10.2. The molecule has 5 nitrogen and oxygen atoms in total. The fraction of sp³-hybridized carbons (Fsp3) is 0.208. The molecule has 3 aromatic carbocycles. The Hall–Kier alpha value is -3.12. The van der Waals surface area contributed by atoms with Gasteiger partial charge in [0.05, 0.1) is 16.2 Å². The van der Waals surface area contributed by atoms with Gasteiger partial charge in [-0.1, -0.05) is 61.5 Å². The number of sulfone groups is 1. The standard InChI is InChI=1S/C24H25NO4S/c1-2-16-30(27,28)23-11-7-6-10-22(23)24(26)25-17-19-12-14-21(15-13-19)29-18-20-8-4-3-5-9-20/h3-15H,2,16-18H2,1H3,(H,25,26). The Labute approximate surface area is 177 Å². The molecule has 0 atom stereocenters. The second kappa shape index (κ2) is 10.1. The van der Waals surface area contributed by atoms with Gasteiger partial charge in [-0.25, -0.2) is 8.42 Å². The molecule has 30 heavy (non-hydrogen) atoms. The van der Waals surface area contributed by atoms with Crippen LogP contribution in [0.3, 0.4) is 0 Å². The molecular formula is C24H25NO4S. The van der Waals surface area contributed by atoms with Crippen molar-refractivity contribution in [1.82, 2.24) is 5.32 Å². The first-order valence-corrected chi connectivity index (χ1v) is 11.5. The van der Waals surface area contributed by atoms with E-state index < -0.39 is 15.7 Å². The lowest BCUT2D eigenvalue weighted by Crippen LogP contribution is -2.25. The van der Waals surface area contributed by atoms with Gasteiger partial charge < -0.3 is 10.1 Å². The summed E-state index contributed by atoms with van der Waals surface area (Å²) in [6.07, 6.45) is 0.497. The number of amides is 1. The van der Waals surface area contributed by atoms with Crippen LogP contribution in [0.4, 0.5) is 0 Å². The molecule has 0 aliphatic carbocycles. The highest BCUT2D eigenvalue weighted by molar-refractivity contribution is 7.91. The maximum Gasteiger partial charge on any atom is 0.252 e. The van der Waals surface area contributed by atoms with Crippen molar-refractivity contribution >= 4 is 15.7 Å². The summed E-state index contributed by atoms with van der Waals surface area (Å²) in [5.41, 5.74) is 2.16. The van der Waals surface area contributed by atoms with Crippen LogP contribution in [0, 0.1) is 0 Å². The van der Waals surface area contributed by atoms with Gasteiger partial charge in [-0.3, -0.25) is 4.79 Å². The molecule has 0 fully saturated rings. The minimum Gasteiger partial charge on any atom is -0.489 e. The fourth-order valence-electron chi connectivity index (χ4n) is 3.03. The predicted molar refractivity (Wildman–Crippen MR) is 117 cm³/mol. The Kier molecular flexibility index (Phi) is 7.25. The lowest BCUT2D eigenvalue weighted by molar-refractivity contribution is 0.0947. The van der Waals surface area contributed by atoms with E-state index in [-0.39, 0.29) is 16.2 Å². The van der Waals surface area contributed by atoms with Gasteiger partial charge in [0.1, 0.15) is 12.4 Å². The first kappa shape index (κ1) is 21.6. The van der Waals surface area contributed by atoms with Crippen LogP contribution in [0.15, 0.2) is 83.8 Å². The van der Waals surface area contributed by atoms with Crippen molar-refractivity contribution in [3.05, 3.63) is 95.6 Å². The highest BCUT2D eigenvalue weighted by Gasteiger charge is 2.21. The number of benzene rings is 3. The van der Waals surface area contributed by atoms with Gasteiger partial charge in [-0.2, -0.15) is 0 Å². The van der Waals surface area contributed by atoms with Gasteiger partial charge in [0.15, 0.2) is 9.84 Å². The van der Waals surface area contributed by atoms with E-state index in [1.165, 1.54) is 6.07 Å². The monoisotopic (exact) mass is 423 g/mol. The zero-order valence-electron chi connectivity index (χ0n) is 16.9. The molecule has 0 saturated heterocycles. The highest BCUT2D eigenvalue weighted by atomic mass is 32.2. The molecule has 0 heterocycles. The normalized spacial score (nSPS) is 11.1. The number of hydrogen-bond acceptors (Lipinski definition) is 4. The van der Waals surface area contributed by atoms with E-state index in [0.29, 0.717) is 19.6 Å². The first-order chi connectivity index (χ1) is 14.5. The first-order valence-electron chi connectivity index (χ1n) is 9.85. The van der Waals surface area contributed by atoms with Crippen molar-refractivity contribution in [3.63, 3.8) is 0 Å².